The fourth-order valence-electron chi connectivity index (χ4n) is 1.65. The molecule has 0 unspecified atom stereocenters. The van der Waals surface area contributed by atoms with Crippen LogP contribution in [-0.4, -0.2) is 15.0 Å². The lowest BCUT2D eigenvalue weighted by Crippen LogP contribution is -2.16. The third-order valence-corrected chi connectivity index (χ3v) is 3.16. The van der Waals surface area contributed by atoms with Crippen LogP contribution in [0.2, 0.25) is 0 Å². The van der Waals surface area contributed by atoms with Gasteiger partial charge in [-0.05, 0) is 37.0 Å². The van der Waals surface area contributed by atoms with E-state index in [1.165, 1.54) is 0 Å². The Morgan fingerprint density at radius 3 is 2.72 bits per heavy atom. The molecule has 0 aliphatic heterocycles. The van der Waals surface area contributed by atoms with Crippen LogP contribution in [0.1, 0.15) is 23.6 Å². The van der Waals surface area contributed by atoms with Crippen LogP contribution in [0.25, 0.3) is 6.08 Å². The average molecular weight is 271 g/mol. The Morgan fingerprint density at radius 2 is 2.11 bits per heavy atom. The van der Waals surface area contributed by atoms with Crippen molar-refractivity contribution in [1.82, 2.24) is 0 Å². The van der Waals surface area contributed by atoms with Crippen molar-refractivity contribution in [3.63, 3.8) is 0 Å². The largest absolute Gasteiger partial charge is 0.415 e. The van der Waals surface area contributed by atoms with Crippen LogP contribution in [0.3, 0.4) is 0 Å². The van der Waals surface area contributed by atoms with Gasteiger partial charge in [-0.1, -0.05) is 30.4 Å². The Kier molecular flexibility index (Phi) is 5.49. The summed E-state index contributed by atoms with van der Waals surface area (Å²) in [6, 6.07) is 5.85. The van der Waals surface area contributed by atoms with Gasteiger partial charge >= 0.3 is 10.4 Å². The molecule has 0 bridgehead atoms. The fourth-order valence-corrected chi connectivity index (χ4v) is 1.99. The second-order valence-corrected chi connectivity index (χ2v) is 4.97. The molecular formula is C12H17NO4S. The summed E-state index contributed by atoms with van der Waals surface area (Å²) in [5, 5.41) is 0. The van der Waals surface area contributed by atoms with Crippen LogP contribution in [-0.2, 0) is 25.3 Å². The standard InChI is InChI=1S/C12H17NO4S/c1-3-5-12-10(2)6-4-7-11(12)8-9-16-18(14,15)17-13/h3-7H,8-9,13H2,1-2H3/b5-3+. The maximum atomic E-state index is 10.9. The molecule has 0 atom stereocenters. The molecule has 18 heavy (non-hydrogen) atoms. The first-order valence-electron chi connectivity index (χ1n) is 5.49. The molecule has 0 heterocycles. The van der Waals surface area contributed by atoms with Gasteiger partial charge in [0.2, 0.25) is 0 Å². The van der Waals surface area contributed by atoms with Crippen molar-refractivity contribution in [1.29, 1.82) is 0 Å². The fraction of sp³-hybridized carbons (Fsp3) is 0.333. The van der Waals surface area contributed by atoms with E-state index in [9.17, 15) is 8.42 Å². The van der Waals surface area contributed by atoms with E-state index >= 15 is 0 Å². The Hall–Kier alpha value is -1.21. The summed E-state index contributed by atoms with van der Waals surface area (Å²) < 4.78 is 30.0. The zero-order valence-corrected chi connectivity index (χ0v) is 11.2. The van der Waals surface area contributed by atoms with E-state index in [2.05, 4.69) is 14.4 Å². The van der Waals surface area contributed by atoms with Crippen molar-refractivity contribution >= 4 is 16.5 Å². The molecule has 0 aliphatic rings. The summed E-state index contributed by atoms with van der Waals surface area (Å²) in [5.74, 6) is 4.56. The summed E-state index contributed by atoms with van der Waals surface area (Å²) in [5.41, 5.74) is 3.22. The monoisotopic (exact) mass is 271 g/mol. The van der Waals surface area contributed by atoms with Gasteiger partial charge in [0.15, 0.2) is 0 Å². The summed E-state index contributed by atoms with van der Waals surface area (Å²) >= 11 is 0. The van der Waals surface area contributed by atoms with Crippen molar-refractivity contribution in [2.75, 3.05) is 6.61 Å². The number of benzene rings is 1. The van der Waals surface area contributed by atoms with E-state index in [4.69, 9.17) is 0 Å². The predicted octanol–water partition coefficient (Wildman–Crippen LogP) is 1.72. The smallest absolute Gasteiger partial charge is 0.247 e. The van der Waals surface area contributed by atoms with Gasteiger partial charge in [0.05, 0.1) is 6.61 Å². The highest BCUT2D eigenvalue weighted by atomic mass is 32.3. The van der Waals surface area contributed by atoms with Crippen LogP contribution in [0.15, 0.2) is 24.3 Å². The van der Waals surface area contributed by atoms with Crippen molar-refractivity contribution in [3.8, 4) is 0 Å². The van der Waals surface area contributed by atoms with Gasteiger partial charge in [0.25, 0.3) is 0 Å². The first kappa shape index (κ1) is 14.8. The lowest BCUT2D eigenvalue weighted by molar-refractivity contribution is 0.220. The quantitative estimate of drug-likeness (QED) is 0.797. The molecular weight excluding hydrogens is 254 g/mol. The van der Waals surface area contributed by atoms with Gasteiger partial charge in [0.1, 0.15) is 0 Å². The minimum Gasteiger partial charge on any atom is -0.247 e. The van der Waals surface area contributed by atoms with Crippen molar-refractivity contribution in [2.45, 2.75) is 20.3 Å². The average Bonchev–Trinajstić information content (AvgIpc) is 2.33. The molecule has 5 nitrogen and oxygen atoms in total. The molecule has 0 radical (unpaired) electrons. The molecule has 0 aliphatic carbocycles. The SMILES string of the molecule is C/C=C/c1c(C)cccc1CCOS(=O)(=O)ON. The second-order valence-electron chi connectivity index (χ2n) is 3.72. The maximum absolute atomic E-state index is 10.9. The minimum atomic E-state index is -4.07. The van der Waals surface area contributed by atoms with Gasteiger partial charge in [0, 0.05) is 0 Å². The van der Waals surface area contributed by atoms with Crippen LogP contribution < -0.4 is 5.90 Å². The normalized spacial score (nSPS) is 12.2. The van der Waals surface area contributed by atoms with E-state index < -0.39 is 10.4 Å². The molecule has 0 saturated heterocycles. The first-order valence-corrected chi connectivity index (χ1v) is 6.82. The van der Waals surface area contributed by atoms with E-state index in [0.29, 0.717) is 6.42 Å². The van der Waals surface area contributed by atoms with E-state index in [1.807, 2.05) is 44.2 Å². The van der Waals surface area contributed by atoms with E-state index in [0.717, 1.165) is 16.7 Å². The Bertz CT molecular complexity index is 523. The number of hydrogen-bond acceptors (Lipinski definition) is 5. The molecule has 0 fully saturated rings. The van der Waals surface area contributed by atoms with Crippen LogP contribution in [0.4, 0.5) is 0 Å². The van der Waals surface area contributed by atoms with Crippen LogP contribution >= 0.6 is 0 Å². The van der Waals surface area contributed by atoms with Gasteiger partial charge in [-0.2, -0.15) is 18.6 Å². The zero-order valence-electron chi connectivity index (χ0n) is 10.4. The minimum absolute atomic E-state index is 0.00641. The molecule has 0 amide bonds. The second kappa shape index (κ2) is 6.65. The Labute approximate surface area is 107 Å². The van der Waals surface area contributed by atoms with E-state index in [-0.39, 0.29) is 6.61 Å². The van der Waals surface area contributed by atoms with Crippen molar-refractivity contribution in [2.24, 2.45) is 5.90 Å². The summed E-state index contributed by atoms with van der Waals surface area (Å²) in [7, 11) is -4.07. The molecule has 100 valence electrons. The highest BCUT2D eigenvalue weighted by Crippen LogP contribution is 2.17. The molecule has 6 heteroatoms. The summed E-state index contributed by atoms with van der Waals surface area (Å²) in [6.07, 6.45) is 4.38. The van der Waals surface area contributed by atoms with Crippen molar-refractivity contribution < 1.29 is 16.9 Å². The lowest BCUT2D eigenvalue weighted by atomic mass is 9.99. The highest BCUT2D eigenvalue weighted by Gasteiger charge is 2.10. The zero-order chi connectivity index (χ0) is 13.6. The van der Waals surface area contributed by atoms with Gasteiger partial charge in [-0.15, -0.1) is 0 Å². The molecule has 0 saturated carbocycles. The number of nitrogens with two attached hydrogens (primary N) is 1. The van der Waals surface area contributed by atoms with E-state index in [1.54, 1.807) is 0 Å². The van der Waals surface area contributed by atoms with Gasteiger partial charge in [-0.25, -0.2) is 4.18 Å². The maximum Gasteiger partial charge on any atom is 0.415 e. The summed E-state index contributed by atoms with van der Waals surface area (Å²) in [6.45, 7) is 3.92. The molecule has 1 aromatic carbocycles. The lowest BCUT2D eigenvalue weighted by Gasteiger charge is -2.09. The molecule has 0 aromatic heterocycles. The number of allylic oxidation sites excluding steroid dienone is 1. The molecule has 2 N–H and O–H groups in total. The summed E-state index contributed by atoms with van der Waals surface area (Å²) in [4.78, 5) is 0. The van der Waals surface area contributed by atoms with Crippen molar-refractivity contribution in [3.05, 3.63) is 41.0 Å². The topological polar surface area (TPSA) is 78.6 Å². The molecule has 0 spiro atoms. The van der Waals surface area contributed by atoms with Crippen LogP contribution in [0.5, 0.6) is 0 Å². The number of aryl methyl sites for hydroxylation is 1. The third-order valence-electron chi connectivity index (χ3n) is 2.46. The Morgan fingerprint density at radius 1 is 1.39 bits per heavy atom. The Balaban J connectivity index is 2.76. The molecule has 1 rings (SSSR count). The number of rotatable bonds is 6. The first-order chi connectivity index (χ1) is 8.50. The molecule has 1 aromatic rings. The number of hydrogen-bond donors (Lipinski definition) is 1. The predicted molar refractivity (Wildman–Crippen MR) is 69.7 cm³/mol. The third kappa shape index (κ3) is 4.23. The van der Waals surface area contributed by atoms with Gasteiger partial charge < -0.3 is 0 Å². The van der Waals surface area contributed by atoms with Crippen LogP contribution in [0, 0.1) is 6.92 Å². The van der Waals surface area contributed by atoms with Gasteiger partial charge in [-0.3, -0.25) is 0 Å². The highest BCUT2D eigenvalue weighted by molar-refractivity contribution is 7.81.